The van der Waals surface area contributed by atoms with Crippen LogP contribution in [0.1, 0.15) is 60.3 Å². The van der Waals surface area contributed by atoms with Crippen LogP contribution >= 0.6 is 0 Å². The minimum absolute atomic E-state index is 0.0300. The molecule has 2 fully saturated rings. The van der Waals surface area contributed by atoms with Crippen LogP contribution in [-0.4, -0.2) is 23.1 Å². The molecular weight excluding hydrogens is 352 g/mol. The van der Waals surface area contributed by atoms with Crippen LogP contribution in [0.4, 0.5) is 0 Å². The normalized spacial score (nSPS) is 44.0. The van der Waals surface area contributed by atoms with Crippen molar-refractivity contribution >= 4 is 17.5 Å². The molecule has 28 heavy (non-hydrogen) atoms. The van der Waals surface area contributed by atoms with E-state index >= 15 is 0 Å². The lowest BCUT2D eigenvalue weighted by Gasteiger charge is -2.57. The van der Waals surface area contributed by atoms with E-state index in [1.165, 1.54) is 12.5 Å². The highest BCUT2D eigenvalue weighted by Crippen LogP contribution is 2.67. The van der Waals surface area contributed by atoms with E-state index in [9.17, 15) is 14.4 Å². The van der Waals surface area contributed by atoms with Gasteiger partial charge in [-0.1, -0.05) is 31.6 Å². The molecule has 4 nitrogen and oxygen atoms in total. The van der Waals surface area contributed by atoms with Gasteiger partial charge in [0.1, 0.15) is 0 Å². The number of rotatable bonds is 2. The summed E-state index contributed by atoms with van der Waals surface area (Å²) in [6.45, 7) is 9.47. The number of Topliss-reactive ketones (excluding diaryl/α,β-unsaturated/α-hetero) is 1. The Kier molecular flexibility index (Phi) is 4.16. The molecule has 4 heteroatoms. The molecule has 0 heterocycles. The molecule has 6 atom stereocenters. The molecule has 4 rings (SSSR count). The first-order valence-corrected chi connectivity index (χ1v) is 10.4. The molecule has 0 saturated heterocycles. The number of ketones is 2. The van der Waals surface area contributed by atoms with Gasteiger partial charge < -0.3 is 4.74 Å². The first kappa shape index (κ1) is 19.4. The van der Waals surface area contributed by atoms with E-state index in [0.717, 1.165) is 24.8 Å². The summed E-state index contributed by atoms with van der Waals surface area (Å²) in [7, 11) is 0. The minimum Gasteiger partial charge on any atom is -0.451 e. The summed E-state index contributed by atoms with van der Waals surface area (Å²) in [4.78, 5) is 36.6. The Balaban J connectivity index is 1.80. The first-order valence-electron chi connectivity index (χ1n) is 10.4. The van der Waals surface area contributed by atoms with Gasteiger partial charge in [0.05, 0.1) is 0 Å². The lowest BCUT2D eigenvalue weighted by atomic mass is 9.48. The molecular formula is C24H30O4. The number of ether oxygens (including phenoxy) is 1. The average Bonchev–Trinajstić information content (AvgIpc) is 2.90. The van der Waals surface area contributed by atoms with Crippen molar-refractivity contribution in [2.45, 2.75) is 65.9 Å². The van der Waals surface area contributed by atoms with Crippen molar-refractivity contribution in [3.05, 3.63) is 35.5 Å². The van der Waals surface area contributed by atoms with Crippen molar-refractivity contribution in [2.24, 2.45) is 28.6 Å². The third kappa shape index (κ3) is 2.33. The number of carbonyl (C=O) groups is 3. The fourth-order valence-electron chi connectivity index (χ4n) is 7.12. The minimum atomic E-state index is -1.01. The van der Waals surface area contributed by atoms with Gasteiger partial charge >= 0.3 is 5.97 Å². The summed E-state index contributed by atoms with van der Waals surface area (Å²) in [5.41, 5.74) is 0.792. The average molecular weight is 383 g/mol. The Morgan fingerprint density at radius 3 is 2.43 bits per heavy atom. The summed E-state index contributed by atoms with van der Waals surface area (Å²) >= 11 is 0. The van der Waals surface area contributed by atoms with E-state index in [0.29, 0.717) is 18.3 Å². The molecule has 0 radical (unpaired) electrons. The highest BCUT2D eigenvalue weighted by molar-refractivity contribution is 6.02. The molecule has 0 aromatic rings. The highest BCUT2D eigenvalue weighted by atomic mass is 16.6. The summed E-state index contributed by atoms with van der Waals surface area (Å²) in [5.74, 6) is 0.651. The first-order chi connectivity index (χ1) is 13.0. The van der Waals surface area contributed by atoms with E-state index in [-0.39, 0.29) is 34.3 Å². The summed E-state index contributed by atoms with van der Waals surface area (Å²) in [6, 6.07) is 0. The number of fused-ring (bicyclic) bond motifs is 5. The number of carbonyl (C=O) groups excluding carboxylic acids is 3. The second kappa shape index (κ2) is 6.01. The maximum Gasteiger partial charge on any atom is 0.303 e. The van der Waals surface area contributed by atoms with Crippen molar-refractivity contribution in [2.75, 3.05) is 0 Å². The van der Waals surface area contributed by atoms with E-state index in [2.05, 4.69) is 32.9 Å². The predicted octanol–water partition coefficient (Wildman–Crippen LogP) is 4.35. The summed E-state index contributed by atoms with van der Waals surface area (Å²) in [6.07, 6.45) is 11.2. The van der Waals surface area contributed by atoms with Crippen LogP contribution in [-0.2, 0) is 19.1 Å². The third-order valence-corrected chi connectivity index (χ3v) is 8.44. The third-order valence-electron chi connectivity index (χ3n) is 8.44. The van der Waals surface area contributed by atoms with Crippen LogP contribution in [0, 0.1) is 28.6 Å². The Morgan fingerprint density at radius 2 is 1.79 bits per heavy atom. The van der Waals surface area contributed by atoms with Gasteiger partial charge in [-0.25, -0.2) is 0 Å². The highest BCUT2D eigenvalue weighted by Gasteiger charge is 2.67. The van der Waals surface area contributed by atoms with Gasteiger partial charge in [-0.3, -0.25) is 14.4 Å². The van der Waals surface area contributed by atoms with Crippen LogP contribution in [0.15, 0.2) is 35.5 Å². The van der Waals surface area contributed by atoms with Crippen LogP contribution < -0.4 is 0 Å². The topological polar surface area (TPSA) is 60.4 Å². The zero-order chi connectivity index (χ0) is 20.5. The number of hydrogen-bond acceptors (Lipinski definition) is 4. The Hall–Kier alpha value is -1.97. The predicted molar refractivity (Wildman–Crippen MR) is 106 cm³/mol. The fourth-order valence-corrected chi connectivity index (χ4v) is 7.12. The lowest BCUT2D eigenvalue weighted by Crippen LogP contribution is -2.58. The molecule has 0 spiro atoms. The summed E-state index contributed by atoms with van der Waals surface area (Å²) in [5, 5.41) is 0. The van der Waals surface area contributed by atoms with Crippen LogP contribution in [0.5, 0.6) is 0 Å². The molecule has 0 aromatic heterocycles. The van der Waals surface area contributed by atoms with Gasteiger partial charge in [0.2, 0.25) is 0 Å². The Morgan fingerprint density at radius 1 is 1.11 bits per heavy atom. The molecule has 150 valence electrons. The Bertz CT molecular complexity index is 862. The SMILES string of the molecule is CC(=O)OC1(C(C)=O)CCC2C3C=C(C)C4=CC(=O)C=C[C@]4(C)C3CC[C@@]21C. The van der Waals surface area contributed by atoms with Gasteiger partial charge in [0.25, 0.3) is 0 Å². The van der Waals surface area contributed by atoms with Crippen LogP contribution in [0.2, 0.25) is 0 Å². The van der Waals surface area contributed by atoms with E-state index in [1.54, 1.807) is 19.1 Å². The Labute approximate surface area is 167 Å². The van der Waals surface area contributed by atoms with E-state index < -0.39 is 5.60 Å². The standard InChI is InChI=1S/C24H30O4/c1-14-12-18-19(22(4)9-6-17(27)13-21(14)22)7-10-23(5)20(18)8-11-24(23,15(2)25)28-16(3)26/h6,9,12-13,18-20H,7-8,10-11H2,1-5H3/t18?,19?,20?,22-,23+,24?/m1/s1. The molecule has 0 amide bonds. The van der Waals surface area contributed by atoms with Gasteiger partial charge in [-0.2, -0.15) is 0 Å². The molecule has 4 unspecified atom stereocenters. The van der Waals surface area contributed by atoms with Crippen molar-refractivity contribution < 1.29 is 19.1 Å². The molecule has 4 aliphatic rings. The molecule has 4 aliphatic carbocycles. The number of allylic oxidation sites excluding steroid dienone is 6. The van der Waals surface area contributed by atoms with Gasteiger partial charge in [0.15, 0.2) is 17.2 Å². The largest absolute Gasteiger partial charge is 0.451 e. The zero-order valence-corrected chi connectivity index (χ0v) is 17.5. The monoisotopic (exact) mass is 382 g/mol. The van der Waals surface area contributed by atoms with Gasteiger partial charge in [-0.05, 0) is 75.0 Å². The second-order valence-corrected chi connectivity index (χ2v) is 9.69. The molecule has 0 aromatic carbocycles. The van der Waals surface area contributed by atoms with E-state index in [4.69, 9.17) is 4.74 Å². The summed E-state index contributed by atoms with van der Waals surface area (Å²) < 4.78 is 5.81. The number of esters is 1. The quantitative estimate of drug-likeness (QED) is 0.666. The zero-order valence-electron chi connectivity index (χ0n) is 17.5. The second-order valence-electron chi connectivity index (χ2n) is 9.69. The van der Waals surface area contributed by atoms with Crippen LogP contribution in [0.3, 0.4) is 0 Å². The fraction of sp³-hybridized carbons (Fsp3) is 0.625. The van der Waals surface area contributed by atoms with Gasteiger partial charge in [0, 0.05) is 17.8 Å². The molecule has 0 N–H and O–H groups in total. The number of hydrogen-bond donors (Lipinski definition) is 0. The molecule has 2 saturated carbocycles. The maximum atomic E-state index is 12.8. The van der Waals surface area contributed by atoms with Crippen molar-refractivity contribution in [1.29, 1.82) is 0 Å². The molecule has 0 bridgehead atoms. The van der Waals surface area contributed by atoms with Gasteiger partial charge in [-0.15, -0.1) is 0 Å². The van der Waals surface area contributed by atoms with Crippen LogP contribution in [0.25, 0.3) is 0 Å². The van der Waals surface area contributed by atoms with Crippen molar-refractivity contribution in [3.63, 3.8) is 0 Å². The van der Waals surface area contributed by atoms with Crippen molar-refractivity contribution in [1.82, 2.24) is 0 Å². The van der Waals surface area contributed by atoms with Crippen molar-refractivity contribution in [3.8, 4) is 0 Å². The maximum absolute atomic E-state index is 12.8. The lowest BCUT2D eigenvalue weighted by molar-refractivity contribution is -0.184. The van der Waals surface area contributed by atoms with E-state index in [1.807, 2.05) is 0 Å². The molecule has 0 aliphatic heterocycles. The smallest absolute Gasteiger partial charge is 0.303 e.